The lowest BCUT2D eigenvalue weighted by molar-refractivity contribution is -0.149. The van der Waals surface area contributed by atoms with E-state index in [1.54, 1.807) is 92.1 Å². The molecule has 30 heteroatoms. The number of carboxylic acids is 3. The third-order valence-corrected chi connectivity index (χ3v) is 21.0. The number of rotatable bonds is 31. The summed E-state index contributed by atoms with van der Waals surface area (Å²) in [5, 5.41) is 48.2. The molecule has 4 fully saturated rings. The Hall–Kier alpha value is -9.49. The number of halogens is 1. The van der Waals surface area contributed by atoms with E-state index in [2.05, 4.69) is 68.2 Å². The number of aliphatic hydroxyl groups excluding tert-OH is 1. The summed E-state index contributed by atoms with van der Waals surface area (Å²) in [6.45, 7) is 33.0. The van der Waals surface area contributed by atoms with Gasteiger partial charge in [-0.1, -0.05) is 59.3 Å². The first-order valence-corrected chi connectivity index (χ1v) is 40.1. The van der Waals surface area contributed by atoms with Crippen LogP contribution in [0.3, 0.4) is 0 Å². The number of pyridine rings is 2. The summed E-state index contributed by atoms with van der Waals surface area (Å²) >= 11 is 3.30. The third-order valence-electron chi connectivity index (χ3n) is 20.4. The van der Waals surface area contributed by atoms with E-state index >= 15 is 0 Å². The van der Waals surface area contributed by atoms with Crippen LogP contribution in [0.5, 0.6) is 23.3 Å². The molecule has 0 spiro atoms. The van der Waals surface area contributed by atoms with Crippen molar-refractivity contribution < 1.29 is 106 Å². The molecule has 2 aromatic heterocycles. The van der Waals surface area contributed by atoms with Gasteiger partial charge in [0.2, 0.25) is 35.4 Å². The number of fused-ring (bicyclic) bond motifs is 4. The van der Waals surface area contributed by atoms with E-state index in [4.69, 9.17) is 58.0 Å². The van der Waals surface area contributed by atoms with Crippen molar-refractivity contribution in [3.63, 3.8) is 0 Å². The highest BCUT2D eigenvalue weighted by Crippen LogP contribution is 2.47. The van der Waals surface area contributed by atoms with Crippen LogP contribution in [-0.4, -0.2) is 225 Å². The second-order valence-electron chi connectivity index (χ2n) is 30.1. The zero-order valence-electron chi connectivity index (χ0n) is 68.7. The fraction of sp³-hybridized carbons (Fsp3) is 0.565. The number of alkyl halides is 1. The molecule has 634 valence electrons. The number of amides is 5. The van der Waals surface area contributed by atoms with Crippen LogP contribution in [-0.2, 0) is 62.0 Å². The number of esters is 1. The number of hydrogen-bond donors (Lipinski definition) is 7. The molecular formula is C85H120BrN7O22. The molecule has 2 aliphatic carbocycles. The maximum absolute atomic E-state index is 14.3. The lowest BCUT2D eigenvalue weighted by atomic mass is 10.0. The van der Waals surface area contributed by atoms with Crippen molar-refractivity contribution in [2.24, 2.45) is 29.6 Å². The van der Waals surface area contributed by atoms with Crippen molar-refractivity contribution in [3.05, 3.63) is 124 Å². The normalized spacial score (nSPS) is 24.0. The number of unbranched alkanes of at least 4 members (excludes halogenated alkanes) is 3. The van der Waals surface area contributed by atoms with E-state index < -0.39 is 125 Å². The number of benzene rings is 2. The lowest BCUT2D eigenvalue weighted by Gasteiger charge is -2.32. The van der Waals surface area contributed by atoms with Crippen LogP contribution in [0.2, 0.25) is 0 Å². The number of ether oxygens (including phenoxy) is 9. The number of methoxy groups -OCH3 is 3. The molecule has 5 heterocycles. The van der Waals surface area contributed by atoms with Crippen LogP contribution in [0, 0.1) is 29.6 Å². The molecule has 3 aliphatic heterocycles. The summed E-state index contributed by atoms with van der Waals surface area (Å²) in [7, 11) is 4.47. The number of alkyl carbamates (subject to hydrolysis) is 1. The second-order valence-corrected chi connectivity index (χ2v) is 30.9. The number of likely N-dealkylation sites (tertiary alicyclic amines) is 1. The molecule has 2 saturated heterocycles. The van der Waals surface area contributed by atoms with Crippen molar-refractivity contribution in [3.8, 4) is 23.3 Å². The molecule has 5 aliphatic rings. The average molecular weight is 1670 g/mol. The highest BCUT2D eigenvalue weighted by Gasteiger charge is 2.63. The third kappa shape index (κ3) is 28.2. The highest BCUT2D eigenvalue weighted by molar-refractivity contribution is 9.09. The minimum Gasteiger partial charge on any atom is -0.497 e. The highest BCUT2D eigenvalue weighted by atomic mass is 79.9. The summed E-state index contributed by atoms with van der Waals surface area (Å²) in [6.07, 6.45) is 18.0. The fourth-order valence-electron chi connectivity index (χ4n) is 12.7. The van der Waals surface area contributed by atoms with Crippen molar-refractivity contribution in [1.82, 2.24) is 35.7 Å². The van der Waals surface area contributed by atoms with Gasteiger partial charge < -0.3 is 88.8 Å². The predicted octanol–water partition coefficient (Wildman–Crippen LogP) is 11.5. The quantitative estimate of drug-likeness (QED) is 0.0106. The van der Waals surface area contributed by atoms with E-state index in [1.807, 2.05) is 79.8 Å². The second kappa shape index (κ2) is 46.3. The van der Waals surface area contributed by atoms with Crippen LogP contribution in [0.1, 0.15) is 146 Å². The number of aromatic nitrogens is 2. The van der Waals surface area contributed by atoms with E-state index in [0.29, 0.717) is 67.7 Å². The summed E-state index contributed by atoms with van der Waals surface area (Å²) in [4.78, 5) is 126. The van der Waals surface area contributed by atoms with Crippen molar-refractivity contribution >= 4 is 91.1 Å². The molecule has 29 nitrogen and oxygen atoms in total. The number of aliphatic carboxylic acids is 3. The van der Waals surface area contributed by atoms with Crippen LogP contribution < -0.4 is 34.9 Å². The molecule has 0 radical (unpaired) electrons. The monoisotopic (exact) mass is 1670 g/mol. The molecule has 2 aromatic carbocycles. The number of nitrogens with one attached hydrogen (secondary N) is 3. The van der Waals surface area contributed by atoms with E-state index in [-0.39, 0.29) is 62.3 Å². The summed E-state index contributed by atoms with van der Waals surface area (Å²) in [6, 6.07) is 11.6. The summed E-state index contributed by atoms with van der Waals surface area (Å²) < 4.78 is 51.0. The van der Waals surface area contributed by atoms with Gasteiger partial charge in [-0.15, -0.1) is 26.3 Å². The van der Waals surface area contributed by atoms with Crippen LogP contribution >= 0.6 is 15.9 Å². The fourth-order valence-corrected chi connectivity index (χ4v) is 13.0. The molecular weight excluding hydrogens is 1550 g/mol. The van der Waals surface area contributed by atoms with Crippen LogP contribution in [0.4, 0.5) is 4.79 Å². The Balaban J connectivity index is 0.000000311. The Morgan fingerprint density at radius 1 is 0.739 bits per heavy atom. The van der Waals surface area contributed by atoms with Gasteiger partial charge >= 0.3 is 30.0 Å². The molecule has 2 saturated carbocycles. The lowest BCUT2D eigenvalue weighted by Crippen LogP contribution is -2.59. The van der Waals surface area contributed by atoms with Gasteiger partial charge in [-0.25, -0.2) is 24.4 Å². The van der Waals surface area contributed by atoms with Gasteiger partial charge in [-0.05, 0) is 186 Å². The van der Waals surface area contributed by atoms with Gasteiger partial charge in [-0.3, -0.25) is 28.8 Å². The number of allylic oxidation sites excluding steroid dienone is 4. The first-order valence-electron chi connectivity index (χ1n) is 39.0. The zero-order valence-corrected chi connectivity index (χ0v) is 70.3. The molecule has 0 unspecified atom stereocenters. The maximum Gasteiger partial charge on any atom is 0.408 e. The molecule has 9 rings (SSSR count). The molecule has 5 amide bonds. The standard InChI is InChI=1S/C33H42N4O9.C32H41N3O7.C10H18O3.C5H9Br.C5H10O3/c1-19-26(35-31(42)46-32(2,3)4)29(39)37-18-23(45-28-24-11-10-22(43-5)15-20(24)12-13-34-28)16-25(37)27(38)36-33(30(40)41)17-21(33)9-7-6-8-14-44-19;1-7-9-10-15-41-21(4)20(3)30(37)35-19-25(42-29-26-12-11-24(39-5)16-22(26)13-14-33-29)17-27(35)28(36)34-32(31(38)40-6)18-23(32)8-2;1-4-5-6-7-13-9(3)8(2)10(11)12;1-2-3-4-5-6;1-3(4(2)6)5(7)8/h7,9-13,15,19,21,23,25-26H,6,8,14,16-18H2,1-5H3,(H,35,42)(H,36,38)(H,40,41);7-8,11-14,16,20-21,23,25,27H,1-2,9-10,15,17-19H2,3-6H3,(H,34,36);4,8-9H,1,5-7H2,2-3H3,(H,11,12);2H,1,3-5H2;3-4,6H,1-2H3,(H,7,8)/b9-7-;;;;/t19-,21-,23-,25+,26+,33-;20-,21+,23+,25+,27-,32+;8-,9+;;3-,4+/m100.0/s1. The van der Waals surface area contributed by atoms with Gasteiger partial charge in [0.25, 0.3) is 0 Å². The largest absolute Gasteiger partial charge is 0.497 e. The van der Waals surface area contributed by atoms with E-state index in [9.17, 15) is 48.3 Å². The molecule has 4 aromatic rings. The number of carboxylic acid groups (broad SMARTS) is 3. The van der Waals surface area contributed by atoms with Gasteiger partial charge in [0, 0.05) is 73.0 Å². The predicted molar refractivity (Wildman–Crippen MR) is 438 cm³/mol. The minimum absolute atomic E-state index is 0.0201. The molecule has 7 N–H and O–H groups in total. The van der Waals surface area contributed by atoms with Gasteiger partial charge in [0.05, 0.1) is 76.6 Å². The Morgan fingerprint density at radius 3 is 1.74 bits per heavy atom. The Bertz CT molecular complexity index is 3980. The average Bonchev–Trinajstić information content (AvgIpc) is 1.58. The van der Waals surface area contributed by atoms with Crippen molar-refractivity contribution in [1.29, 1.82) is 0 Å². The number of carbonyl (C=O) groups excluding carboxylic acids is 6. The number of hydrogen-bond acceptors (Lipinski definition) is 21. The SMILES string of the molecule is C=CCCCBr.C=CCCCO[C@H](C)[C@H](C)C(=O)N1C[C@H](Oc2nccc3cc(OC)ccc23)C[C@H]1C(=O)N[C@]1(C(=O)OC)C[C@H]1C=C.C=CCCCO[C@H](C)[C@H](C)C(=O)O.COc1ccc2c(O[C@@H]3C[C@H]4C(=O)N[C@]5(C(=O)O)C[C@H]5/C=C\CCCO[C@H](C)[C@H](NC(=O)OC(C)(C)C)C(=O)N4C3)nccc2c1.C[C@H](C(=O)O)[C@@H](C)O. The smallest absolute Gasteiger partial charge is 0.408 e. The van der Waals surface area contributed by atoms with Gasteiger partial charge in [0.15, 0.2) is 0 Å². The summed E-state index contributed by atoms with van der Waals surface area (Å²) in [5.41, 5.74) is -3.46. The minimum atomic E-state index is -1.46. The van der Waals surface area contributed by atoms with Crippen LogP contribution in [0.25, 0.3) is 21.5 Å². The first kappa shape index (κ1) is 96.1. The summed E-state index contributed by atoms with van der Waals surface area (Å²) in [5.74, 6) is -5.44. The number of nitrogens with zero attached hydrogens (tertiary/aromatic N) is 4. The first-order chi connectivity index (χ1) is 54.5. The maximum atomic E-state index is 14.3. The van der Waals surface area contributed by atoms with Gasteiger partial charge in [-0.2, -0.15) is 0 Å². The molecule has 0 bridgehead atoms. The zero-order chi connectivity index (χ0) is 85.5. The number of aliphatic hydroxyl groups is 1. The topological polar surface area (TPSA) is 386 Å². The Kier molecular flexibility index (Phi) is 38.7. The van der Waals surface area contributed by atoms with Crippen molar-refractivity contribution in [2.75, 3.05) is 59.6 Å². The Labute approximate surface area is 683 Å². The molecule has 16 atom stereocenters. The molecule has 115 heavy (non-hydrogen) atoms. The van der Waals surface area contributed by atoms with E-state index in [0.717, 1.165) is 53.6 Å². The van der Waals surface area contributed by atoms with Crippen molar-refractivity contribution in [2.45, 2.75) is 218 Å². The van der Waals surface area contributed by atoms with Gasteiger partial charge in [0.1, 0.15) is 58.5 Å². The van der Waals surface area contributed by atoms with E-state index in [1.165, 1.54) is 32.3 Å². The Morgan fingerprint density at radius 2 is 1.28 bits per heavy atom. The number of carbonyl (C=O) groups is 9. The van der Waals surface area contributed by atoms with Crippen LogP contribution in [0.15, 0.2) is 124 Å².